The molecule has 226 valence electrons. The summed E-state index contributed by atoms with van der Waals surface area (Å²) in [5.74, 6) is -0.452. The van der Waals surface area contributed by atoms with Gasteiger partial charge < -0.3 is 25.0 Å². The number of hydrogen-bond donors (Lipinski definition) is 3. The molecule has 0 radical (unpaired) electrons. The number of unbranched alkanes of at least 4 members (excludes halogenated alkanes) is 3. The molecule has 6 rings (SSSR count). The van der Waals surface area contributed by atoms with Crippen LogP contribution in [0.3, 0.4) is 0 Å². The van der Waals surface area contributed by atoms with Crippen LogP contribution in [0.25, 0.3) is 25.9 Å². The lowest BCUT2D eigenvalue weighted by molar-refractivity contribution is -0.132. The molecule has 0 amide bonds. The Kier molecular flexibility index (Phi) is 8.76. The molecule has 1 unspecified atom stereocenters. The Bertz CT molecular complexity index is 1770. The van der Waals surface area contributed by atoms with Crippen LogP contribution in [0.1, 0.15) is 65.3 Å². The minimum absolute atomic E-state index is 0.0621. The molecule has 11 heteroatoms. The number of carboxylic acids is 2. The number of fused-ring (bicyclic) bond motifs is 1. The molecule has 0 aliphatic carbocycles. The second-order valence-electron chi connectivity index (χ2n) is 10.5. The molecule has 2 aliphatic heterocycles. The molecular weight excluding hydrogens is 599 g/mol. The minimum Gasteiger partial charge on any atom is -0.485 e. The van der Waals surface area contributed by atoms with Crippen LogP contribution in [0.4, 0.5) is 0 Å². The van der Waals surface area contributed by atoms with E-state index in [-0.39, 0.29) is 11.1 Å². The van der Waals surface area contributed by atoms with E-state index in [0.717, 1.165) is 44.5 Å². The van der Waals surface area contributed by atoms with Gasteiger partial charge in [0.05, 0.1) is 44.0 Å². The van der Waals surface area contributed by atoms with E-state index in [1.807, 2.05) is 12.1 Å². The lowest BCUT2D eigenvalue weighted by Gasteiger charge is -2.23. The maximum Gasteiger partial charge on any atom is 0.335 e. The van der Waals surface area contributed by atoms with Gasteiger partial charge in [-0.05, 0) is 67.0 Å². The second kappa shape index (κ2) is 13.0. The molecule has 4 aromatic heterocycles. The Morgan fingerprint density at radius 1 is 0.932 bits per heavy atom. The van der Waals surface area contributed by atoms with Gasteiger partial charge in [0.2, 0.25) is 0 Å². The summed E-state index contributed by atoms with van der Waals surface area (Å²) in [5.41, 5.74) is 2.52. The zero-order valence-electron chi connectivity index (χ0n) is 24.0. The Balaban J connectivity index is 1.28. The molecule has 0 saturated carbocycles. The Labute approximate surface area is 262 Å². The Hall–Kier alpha value is -4.48. The highest BCUT2D eigenvalue weighted by molar-refractivity contribution is 7.24. The maximum atomic E-state index is 12.0. The summed E-state index contributed by atoms with van der Waals surface area (Å²) < 4.78 is 12.2. The minimum atomic E-state index is -1.10. The summed E-state index contributed by atoms with van der Waals surface area (Å²) >= 11 is 3.40. The SMILES string of the molecule is CCCCCCc1sc(-c2ccc(-c3ccnc(C4=CC(C(=O)O)=CC(c5cc(C(=O)O)ccn5)N4)c3)s2)c2c1OCCO2. The van der Waals surface area contributed by atoms with Crippen LogP contribution in [0.15, 0.2) is 66.5 Å². The summed E-state index contributed by atoms with van der Waals surface area (Å²) in [4.78, 5) is 36.8. The van der Waals surface area contributed by atoms with Crippen molar-refractivity contribution >= 4 is 40.3 Å². The summed E-state index contributed by atoms with van der Waals surface area (Å²) in [6, 6.07) is 10.2. The topological polar surface area (TPSA) is 131 Å². The van der Waals surface area contributed by atoms with Crippen molar-refractivity contribution in [2.24, 2.45) is 0 Å². The smallest absolute Gasteiger partial charge is 0.335 e. The predicted molar refractivity (Wildman–Crippen MR) is 170 cm³/mol. The summed E-state index contributed by atoms with van der Waals surface area (Å²) in [6.45, 7) is 3.31. The Morgan fingerprint density at radius 2 is 1.73 bits per heavy atom. The first-order valence-electron chi connectivity index (χ1n) is 14.5. The van der Waals surface area contributed by atoms with Crippen molar-refractivity contribution in [3.05, 3.63) is 88.3 Å². The van der Waals surface area contributed by atoms with Gasteiger partial charge in [0.15, 0.2) is 11.5 Å². The van der Waals surface area contributed by atoms with Crippen LogP contribution in [0, 0.1) is 0 Å². The van der Waals surface area contributed by atoms with E-state index in [1.165, 1.54) is 54.6 Å². The number of rotatable bonds is 11. The van der Waals surface area contributed by atoms with Gasteiger partial charge in [-0.3, -0.25) is 9.97 Å². The van der Waals surface area contributed by atoms with Crippen LogP contribution in [0.2, 0.25) is 0 Å². The molecule has 1 atom stereocenters. The zero-order valence-corrected chi connectivity index (χ0v) is 25.7. The quantitative estimate of drug-likeness (QED) is 0.147. The molecule has 4 aromatic rings. The van der Waals surface area contributed by atoms with E-state index >= 15 is 0 Å². The third kappa shape index (κ3) is 6.24. The normalized spacial score (nSPS) is 15.7. The lowest BCUT2D eigenvalue weighted by atomic mass is 10.00. The van der Waals surface area contributed by atoms with Crippen LogP contribution in [0.5, 0.6) is 11.5 Å². The average molecular weight is 630 g/mol. The molecule has 0 spiro atoms. The number of aromatic nitrogens is 2. The molecule has 0 saturated heterocycles. The van der Waals surface area contributed by atoms with Crippen LogP contribution < -0.4 is 14.8 Å². The highest BCUT2D eigenvalue weighted by Crippen LogP contribution is 2.52. The molecule has 3 N–H and O–H groups in total. The van der Waals surface area contributed by atoms with Crippen molar-refractivity contribution < 1.29 is 29.3 Å². The molecule has 9 nitrogen and oxygen atoms in total. The second-order valence-corrected chi connectivity index (χ2v) is 12.7. The lowest BCUT2D eigenvalue weighted by Crippen LogP contribution is -2.25. The monoisotopic (exact) mass is 629 g/mol. The molecule has 44 heavy (non-hydrogen) atoms. The number of dihydropyridines is 1. The fourth-order valence-electron chi connectivity index (χ4n) is 5.22. The van der Waals surface area contributed by atoms with Crippen LogP contribution >= 0.6 is 22.7 Å². The predicted octanol–water partition coefficient (Wildman–Crippen LogP) is 7.22. The van der Waals surface area contributed by atoms with E-state index in [0.29, 0.717) is 30.3 Å². The van der Waals surface area contributed by atoms with Gasteiger partial charge in [0.1, 0.15) is 13.2 Å². The third-order valence-corrected chi connectivity index (χ3v) is 9.95. The highest BCUT2D eigenvalue weighted by Gasteiger charge is 2.27. The number of aliphatic carboxylic acids is 1. The molecule has 2 aliphatic rings. The number of thiophene rings is 2. The van der Waals surface area contributed by atoms with E-state index in [4.69, 9.17) is 9.47 Å². The summed E-state index contributed by atoms with van der Waals surface area (Å²) in [7, 11) is 0. The number of nitrogens with zero attached hydrogens (tertiary/aromatic N) is 2. The number of aryl methyl sites for hydroxylation is 1. The maximum absolute atomic E-state index is 12.0. The number of carbonyl (C=O) groups is 2. The van der Waals surface area contributed by atoms with E-state index in [2.05, 4.69) is 34.3 Å². The number of aromatic carboxylic acids is 1. The van der Waals surface area contributed by atoms with Crippen molar-refractivity contribution in [3.63, 3.8) is 0 Å². The van der Waals surface area contributed by atoms with E-state index < -0.39 is 18.0 Å². The molecule has 0 fully saturated rings. The summed E-state index contributed by atoms with van der Waals surface area (Å²) in [5, 5.41) is 22.5. The van der Waals surface area contributed by atoms with Crippen molar-refractivity contribution in [1.82, 2.24) is 15.3 Å². The molecular formula is C33H31N3O6S2. The number of nitrogens with one attached hydrogen (secondary N) is 1. The zero-order chi connectivity index (χ0) is 30.6. The van der Waals surface area contributed by atoms with Gasteiger partial charge in [-0.25, -0.2) is 9.59 Å². The van der Waals surface area contributed by atoms with E-state index in [9.17, 15) is 19.8 Å². The number of ether oxygens (including phenoxy) is 2. The summed E-state index contributed by atoms with van der Waals surface area (Å²) in [6.07, 6.45) is 11.9. The molecule has 0 aromatic carbocycles. The Morgan fingerprint density at radius 3 is 2.52 bits per heavy atom. The highest BCUT2D eigenvalue weighted by atomic mass is 32.1. The fraction of sp³-hybridized carbons (Fsp3) is 0.273. The fourth-order valence-corrected chi connectivity index (χ4v) is 7.56. The largest absolute Gasteiger partial charge is 0.485 e. The van der Waals surface area contributed by atoms with Gasteiger partial charge >= 0.3 is 11.9 Å². The van der Waals surface area contributed by atoms with Crippen LogP contribution in [-0.2, 0) is 11.2 Å². The van der Waals surface area contributed by atoms with Gasteiger partial charge in [-0.1, -0.05) is 26.2 Å². The first kappa shape index (κ1) is 29.6. The van der Waals surface area contributed by atoms with Gasteiger partial charge in [-0.2, -0.15) is 0 Å². The molecule has 6 heterocycles. The first-order chi connectivity index (χ1) is 21.4. The van der Waals surface area contributed by atoms with Crippen LogP contribution in [-0.4, -0.2) is 45.3 Å². The van der Waals surface area contributed by atoms with Gasteiger partial charge in [0.25, 0.3) is 0 Å². The third-order valence-electron chi connectivity index (χ3n) is 7.43. The van der Waals surface area contributed by atoms with Crippen molar-refractivity contribution in [3.8, 4) is 31.7 Å². The number of pyridine rings is 2. The number of hydrogen-bond acceptors (Lipinski definition) is 9. The standard InChI is InChI=1S/C33H31N3O6S2/c1-2-3-4-5-6-27-29-30(42-14-13-41-29)31(44-27)28-8-7-26(43-28)19-9-11-34-22(15-19)24-17-21(33(39)40)18-25(36-24)23-16-20(32(37)38)10-12-35-23/h7-12,15-18,25,36H,2-6,13-14H2,1H3,(H,37,38)(H,39,40). The van der Waals surface area contributed by atoms with Gasteiger partial charge in [-0.15, -0.1) is 22.7 Å². The van der Waals surface area contributed by atoms with Crippen molar-refractivity contribution in [2.75, 3.05) is 13.2 Å². The van der Waals surface area contributed by atoms with Crippen molar-refractivity contribution in [2.45, 2.75) is 45.1 Å². The number of carboxylic acid groups (broad SMARTS) is 2. The van der Waals surface area contributed by atoms with E-state index in [1.54, 1.807) is 28.9 Å². The average Bonchev–Trinajstić information content (AvgIpc) is 3.68. The molecule has 0 bridgehead atoms. The van der Waals surface area contributed by atoms with Gasteiger partial charge in [0, 0.05) is 22.1 Å². The first-order valence-corrected chi connectivity index (χ1v) is 16.2. The van der Waals surface area contributed by atoms with Crippen molar-refractivity contribution in [1.29, 1.82) is 0 Å².